The Morgan fingerprint density at radius 1 is 1.40 bits per heavy atom. The number of aliphatic imine (C=N–C) groups is 1. The van der Waals surface area contributed by atoms with Crippen molar-refractivity contribution in [3.8, 4) is 0 Å². The average molecular weight is 409 g/mol. The lowest BCUT2D eigenvalue weighted by molar-refractivity contribution is 0.0310. The van der Waals surface area contributed by atoms with Crippen molar-refractivity contribution in [2.24, 2.45) is 4.99 Å². The standard InChI is InChI=1S/C14H24IN3OS/c1-5-16-13(18-10-14(2,3)19-4)17-9-8-11-6-7-12(15)20-11/h6-7H,5,8-10H2,1-4H3,(H2,16,17,18). The number of nitrogens with one attached hydrogen (secondary N) is 2. The third-order valence-corrected chi connectivity index (χ3v) is 4.76. The summed E-state index contributed by atoms with van der Waals surface area (Å²) in [5.74, 6) is 0.851. The fraction of sp³-hybridized carbons (Fsp3) is 0.643. The molecule has 0 bridgehead atoms. The Labute approximate surface area is 139 Å². The molecule has 0 amide bonds. The van der Waals surface area contributed by atoms with Gasteiger partial charge in [-0.3, -0.25) is 4.99 Å². The first-order valence-electron chi connectivity index (χ1n) is 6.78. The fourth-order valence-corrected chi connectivity index (χ4v) is 3.22. The van der Waals surface area contributed by atoms with E-state index in [0.717, 1.165) is 25.5 Å². The van der Waals surface area contributed by atoms with Crippen LogP contribution in [0.1, 0.15) is 25.6 Å². The van der Waals surface area contributed by atoms with Gasteiger partial charge in [0.15, 0.2) is 5.96 Å². The van der Waals surface area contributed by atoms with Crippen molar-refractivity contribution in [1.29, 1.82) is 0 Å². The van der Waals surface area contributed by atoms with Gasteiger partial charge in [0, 0.05) is 25.1 Å². The predicted octanol–water partition coefficient (Wildman–Crippen LogP) is 2.88. The smallest absolute Gasteiger partial charge is 0.191 e. The molecule has 6 heteroatoms. The molecule has 1 aromatic heterocycles. The lowest BCUT2D eigenvalue weighted by Crippen LogP contribution is -2.40. The number of guanidine groups is 1. The zero-order valence-corrected chi connectivity index (χ0v) is 15.6. The summed E-state index contributed by atoms with van der Waals surface area (Å²) < 4.78 is 6.71. The van der Waals surface area contributed by atoms with Crippen molar-refractivity contribution in [3.63, 3.8) is 0 Å². The molecule has 0 spiro atoms. The van der Waals surface area contributed by atoms with E-state index in [1.165, 1.54) is 7.76 Å². The molecule has 1 heterocycles. The number of methoxy groups -OCH3 is 1. The molecule has 0 aromatic carbocycles. The van der Waals surface area contributed by atoms with Crippen LogP contribution in [0.4, 0.5) is 0 Å². The minimum Gasteiger partial charge on any atom is -0.377 e. The van der Waals surface area contributed by atoms with Crippen LogP contribution in [-0.4, -0.2) is 38.3 Å². The molecule has 0 fully saturated rings. The number of hydrogen-bond donors (Lipinski definition) is 2. The normalized spacial score (nSPS) is 12.6. The van der Waals surface area contributed by atoms with E-state index in [0.29, 0.717) is 6.54 Å². The first-order chi connectivity index (χ1) is 9.46. The van der Waals surface area contributed by atoms with Crippen LogP contribution >= 0.6 is 33.9 Å². The van der Waals surface area contributed by atoms with E-state index in [1.54, 1.807) is 7.11 Å². The molecule has 20 heavy (non-hydrogen) atoms. The summed E-state index contributed by atoms with van der Waals surface area (Å²) in [5.41, 5.74) is -0.230. The van der Waals surface area contributed by atoms with Crippen molar-refractivity contribution < 1.29 is 4.74 Å². The third-order valence-electron chi connectivity index (χ3n) is 2.81. The average Bonchev–Trinajstić information content (AvgIpc) is 2.82. The quantitative estimate of drug-likeness (QED) is 0.414. The first-order valence-corrected chi connectivity index (χ1v) is 8.68. The Morgan fingerprint density at radius 3 is 2.70 bits per heavy atom. The summed E-state index contributed by atoms with van der Waals surface area (Å²) in [5, 5.41) is 6.62. The molecule has 1 rings (SSSR count). The number of halogens is 1. The largest absolute Gasteiger partial charge is 0.377 e. The molecule has 0 atom stereocenters. The molecule has 0 saturated heterocycles. The van der Waals surface area contributed by atoms with Crippen molar-refractivity contribution in [1.82, 2.24) is 10.6 Å². The second-order valence-electron chi connectivity index (χ2n) is 5.04. The molecule has 114 valence electrons. The lowest BCUT2D eigenvalue weighted by Gasteiger charge is -2.21. The van der Waals surface area contributed by atoms with E-state index in [-0.39, 0.29) is 5.60 Å². The molecule has 0 aliphatic carbocycles. The number of ether oxygens (including phenoxy) is 1. The van der Waals surface area contributed by atoms with E-state index in [4.69, 9.17) is 4.74 Å². The van der Waals surface area contributed by atoms with Gasteiger partial charge in [-0.2, -0.15) is 0 Å². The summed E-state index contributed by atoms with van der Waals surface area (Å²) in [6.45, 7) is 8.52. The molecule has 2 N–H and O–H groups in total. The molecule has 0 unspecified atom stereocenters. The second kappa shape index (κ2) is 8.84. The highest BCUT2D eigenvalue weighted by Gasteiger charge is 2.15. The molecule has 0 aliphatic heterocycles. The van der Waals surface area contributed by atoms with Gasteiger partial charge in [-0.25, -0.2) is 0 Å². The van der Waals surface area contributed by atoms with Crippen molar-refractivity contribution in [2.45, 2.75) is 32.8 Å². The van der Waals surface area contributed by atoms with Crippen LogP contribution in [0, 0.1) is 2.88 Å². The van der Waals surface area contributed by atoms with E-state index >= 15 is 0 Å². The van der Waals surface area contributed by atoms with Gasteiger partial charge in [0.05, 0.1) is 15.0 Å². The predicted molar refractivity (Wildman–Crippen MR) is 95.8 cm³/mol. The van der Waals surface area contributed by atoms with Crippen molar-refractivity contribution >= 4 is 39.9 Å². The minimum absolute atomic E-state index is 0.230. The third kappa shape index (κ3) is 6.90. The fourth-order valence-electron chi connectivity index (χ4n) is 1.47. The van der Waals surface area contributed by atoms with Crippen LogP contribution in [0.2, 0.25) is 0 Å². The summed E-state index contributed by atoms with van der Waals surface area (Å²) in [6, 6.07) is 4.34. The van der Waals surface area contributed by atoms with Gasteiger partial charge in [-0.15, -0.1) is 11.3 Å². The van der Waals surface area contributed by atoms with Crippen molar-refractivity contribution in [2.75, 3.05) is 26.7 Å². The summed E-state index contributed by atoms with van der Waals surface area (Å²) in [4.78, 5) is 5.96. The van der Waals surface area contributed by atoms with E-state index in [1.807, 2.05) is 25.2 Å². The van der Waals surface area contributed by atoms with Gasteiger partial charge < -0.3 is 15.4 Å². The SMILES string of the molecule is CCNC(=NCC(C)(C)OC)NCCc1ccc(I)s1. The van der Waals surface area contributed by atoms with Gasteiger partial charge in [0.2, 0.25) is 0 Å². The topological polar surface area (TPSA) is 45.7 Å². The zero-order valence-electron chi connectivity index (χ0n) is 12.6. The molecule has 0 aliphatic rings. The molecular formula is C14H24IN3OS. The summed E-state index contributed by atoms with van der Waals surface area (Å²) >= 11 is 4.19. The summed E-state index contributed by atoms with van der Waals surface area (Å²) in [7, 11) is 1.72. The van der Waals surface area contributed by atoms with Gasteiger partial charge in [-0.05, 0) is 61.9 Å². The Morgan fingerprint density at radius 2 is 2.15 bits per heavy atom. The number of hydrogen-bond acceptors (Lipinski definition) is 3. The van der Waals surface area contributed by atoms with Crippen LogP contribution in [-0.2, 0) is 11.2 Å². The highest BCUT2D eigenvalue weighted by atomic mass is 127. The molecule has 4 nitrogen and oxygen atoms in total. The first kappa shape index (κ1) is 17.7. The number of nitrogens with zero attached hydrogens (tertiary/aromatic N) is 1. The zero-order chi connectivity index (χ0) is 15.0. The molecule has 1 aromatic rings. The van der Waals surface area contributed by atoms with Crippen LogP contribution in [0.5, 0.6) is 0 Å². The maximum absolute atomic E-state index is 5.38. The molecular weight excluding hydrogens is 385 g/mol. The minimum atomic E-state index is -0.230. The second-order valence-corrected chi connectivity index (χ2v) is 8.10. The van der Waals surface area contributed by atoms with E-state index < -0.39 is 0 Å². The highest BCUT2D eigenvalue weighted by molar-refractivity contribution is 14.1. The Hall–Kier alpha value is -0.340. The lowest BCUT2D eigenvalue weighted by atomic mass is 10.1. The van der Waals surface area contributed by atoms with Crippen LogP contribution < -0.4 is 10.6 Å². The number of rotatable bonds is 7. The molecule has 0 radical (unpaired) electrons. The van der Waals surface area contributed by atoms with Gasteiger partial charge in [-0.1, -0.05) is 0 Å². The van der Waals surface area contributed by atoms with Gasteiger partial charge in [0.25, 0.3) is 0 Å². The van der Waals surface area contributed by atoms with Crippen LogP contribution in [0.25, 0.3) is 0 Å². The van der Waals surface area contributed by atoms with Crippen LogP contribution in [0.15, 0.2) is 17.1 Å². The Bertz CT molecular complexity index is 432. The maximum Gasteiger partial charge on any atom is 0.191 e. The van der Waals surface area contributed by atoms with Gasteiger partial charge >= 0.3 is 0 Å². The van der Waals surface area contributed by atoms with Gasteiger partial charge in [0.1, 0.15) is 0 Å². The monoisotopic (exact) mass is 409 g/mol. The van der Waals surface area contributed by atoms with Crippen molar-refractivity contribution in [3.05, 3.63) is 19.9 Å². The summed E-state index contributed by atoms with van der Waals surface area (Å²) in [6.07, 6.45) is 1.02. The maximum atomic E-state index is 5.38. The van der Waals surface area contributed by atoms with E-state index in [2.05, 4.69) is 57.3 Å². The van der Waals surface area contributed by atoms with Crippen LogP contribution in [0.3, 0.4) is 0 Å². The Balaban J connectivity index is 2.44. The Kier molecular flexibility index (Phi) is 7.83. The van der Waals surface area contributed by atoms with E-state index in [9.17, 15) is 0 Å². The number of thiophene rings is 1. The highest BCUT2D eigenvalue weighted by Crippen LogP contribution is 2.18. The molecule has 0 saturated carbocycles.